The molecule has 0 bridgehead atoms. The molecule has 1 saturated heterocycles. The number of nitrogens with zero attached hydrogens (tertiary/aromatic N) is 3. The number of benzene rings is 1. The van der Waals surface area contributed by atoms with Crippen LogP contribution in [0.2, 0.25) is 0 Å². The van der Waals surface area contributed by atoms with E-state index < -0.39 is 14.9 Å². The maximum Gasteiger partial charge on any atom is 0.292 e. The first-order valence-electron chi connectivity index (χ1n) is 6.01. The van der Waals surface area contributed by atoms with Crippen molar-refractivity contribution in [2.45, 2.75) is 4.90 Å². The lowest BCUT2D eigenvalue weighted by atomic mass is 10.3. The van der Waals surface area contributed by atoms with Crippen LogP contribution in [0.3, 0.4) is 0 Å². The average Bonchev–Trinajstić information content (AvgIpc) is 2.41. The number of sulfonamides is 1. The molecule has 1 amide bonds. The molecule has 1 fully saturated rings. The Hall–Kier alpha value is -2.20. The molecule has 0 aliphatic carbocycles. The van der Waals surface area contributed by atoms with Gasteiger partial charge < -0.3 is 10.6 Å². The van der Waals surface area contributed by atoms with Gasteiger partial charge in [-0.25, -0.2) is 8.42 Å². The Labute approximate surface area is 121 Å². The topological polar surface area (TPSA) is 127 Å². The summed E-state index contributed by atoms with van der Waals surface area (Å²) in [5.74, 6) is -0.306. The van der Waals surface area contributed by atoms with Crippen LogP contribution in [-0.4, -0.2) is 55.1 Å². The standard InChI is InChI=1S/C11H14N4O5S/c1-13-4-5-14(7-11(13)16)21(19,20)8-2-3-10(15(17)18)9(12)6-8/h2-3,6H,4-5,7,12H2,1H3. The van der Waals surface area contributed by atoms with E-state index in [1.165, 1.54) is 4.90 Å². The predicted molar refractivity (Wildman–Crippen MR) is 73.9 cm³/mol. The average molecular weight is 314 g/mol. The number of nitro benzene ring substituents is 1. The summed E-state index contributed by atoms with van der Waals surface area (Å²) in [6.45, 7) is 0.206. The summed E-state index contributed by atoms with van der Waals surface area (Å²) in [5.41, 5.74) is 4.91. The molecule has 0 aromatic heterocycles. The van der Waals surface area contributed by atoms with Gasteiger partial charge in [-0.1, -0.05) is 0 Å². The Morgan fingerprint density at radius 1 is 1.33 bits per heavy atom. The zero-order chi connectivity index (χ0) is 15.8. The van der Waals surface area contributed by atoms with Crippen molar-refractivity contribution in [2.75, 3.05) is 32.4 Å². The molecule has 1 heterocycles. The Balaban J connectivity index is 2.34. The zero-order valence-electron chi connectivity index (χ0n) is 11.2. The molecular formula is C11H14N4O5S. The maximum absolute atomic E-state index is 12.4. The second kappa shape index (κ2) is 5.30. The molecule has 0 spiro atoms. The summed E-state index contributed by atoms with van der Waals surface area (Å²) in [4.78, 5) is 22.9. The fraction of sp³-hybridized carbons (Fsp3) is 0.364. The van der Waals surface area contributed by atoms with Crippen molar-refractivity contribution in [1.82, 2.24) is 9.21 Å². The minimum absolute atomic E-state index is 0.164. The number of rotatable bonds is 3. The lowest BCUT2D eigenvalue weighted by Gasteiger charge is -2.31. The maximum atomic E-state index is 12.4. The van der Waals surface area contributed by atoms with E-state index in [4.69, 9.17) is 5.73 Å². The molecule has 1 aliphatic rings. The van der Waals surface area contributed by atoms with Crippen LogP contribution in [0, 0.1) is 10.1 Å². The number of hydrogen-bond acceptors (Lipinski definition) is 6. The summed E-state index contributed by atoms with van der Waals surface area (Å²) in [7, 11) is -2.31. The molecule has 114 valence electrons. The number of anilines is 1. The molecule has 2 N–H and O–H groups in total. The van der Waals surface area contributed by atoms with E-state index in [1.54, 1.807) is 7.05 Å². The molecule has 9 nitrogen and oxygen atoms in total. The summed E-state index contributed by atoms with van der Waals surface area (Å²) in [6.07, 6.45) is 0. The van der Waals surface area contributed by atoms with E-state index >= 15 is 0 Å². The Morgan fingerprint density at radius 3 is 2.52 bits per heavy atom. The van der Waals surface area contributed by atoms with Crippen LogP contribution < -0.4 is 5.73 Å². The molecule has 1 aromatic carbocycles. The summed E-state index contributed by atoms with van der Waals surface area (Å²) in [5, 5.41) is 10.7. The van der Waals surface area contributed by atoms with Crippen molar-refractivity contribution >= 4 is 27.3 Å². The van der Waals surface area contributed by atoms with E-state index in [0.29, 0.717) is 6.54 Å². The SMILES string of the molecule is CN1CCN(S(=O)(=O)c2ccc([N+](=O)[O-])c(N)c2)CC1=O. The highest BCUT2D eigenvalue weighted by atomic mass is 32.2. The molecule has 10 heteroatoms. The third-order valence-electron chi connectivity index (χ3n) is 3.26. The van der Waals surface area contributed by atoms with Crippen LogP contribution in [0.25, 0.3) is 0 Å². The third kappa shape index (κ3) is 2.81. The van der Waals surface area contributed by atoms with Gasteiger partial charge >= 0.3 is 0 Å². The number of likely N-dealkylation sites (N-methyl/N-ethyl adjacent to an activating group) is 1. The minimum Gasteiger partial charge on any atom is -0.393 e. The van der Waals surface area contributed by atoms with Gasteiger partial charge in [0, 0.05) is 26.2 Å². The highest BCUT2D eigenvalue weighted by molar-refractivity contribution is 7.89. The highest BCUT2D eigenvalue weighted by Gasteiger charge is 2.32. The Kier molecular flexibility index (Phi) is 3.83. The van der Waals surface area contributed by atoms with Crippen LogP contribution >= 0.6 is 0 Å². The van der Waals surface area contributed by atoms with Crippen molar-refractivity contribution in [3.8, 4) is 0 Å². The van der Waals surface area contributed by atoms with Gasteiger partial charge in [0.05, 0.1) is 16.4 Å². The first kappa shape index (κ1) is 15.2. The van der Waals surface area contributed by atoms with Gasteiger partial charge in [0.1, 0.15) is 5.69 Å². The van der Waals surface area contributed by atoms with Crippen LogP contribution in [-0.2, 0) is 14.8 Å². The van der Waals surface area contributed by atoms with Crippen LogP contribution in [0.4, 0.5) is 11.4 Å². The number of nitrogens with two attached hydrogens (primary N) is 1. The van der Waals surface area contributed by atoms with Gasteiger partial charge in [-0.15, -0.1) is 0 Å². The quantitative estimate of drug-likeness (QED) is 0.461. The van der Waals surface area contributed by atoms with E-state index in [1.807, 2.05) is 0 Å². The van der Waals surface area contributed by atoms with Gasteiger partial charge in [0.2, 0.25) is 15.9 Å². The van der Waals surface area contributed by atoms with Crippen LogP contribution in [0.1, 0.15) is 0 Å². The molecule has 0 saturated carbocycles. The minimum atomic E-state index is -3.90. The largest absolute Gasteiger partial charge is 0.393 e. The van der Waals surface area contributed by atoms with Crippen molar-refractivity contribution < 1.29 is 18.1 Å². The first-order valence-corrected chi connectivity index (χ1v) is 7.45. The Bertz CT molecular complexity index is 703. The van der Waals surface area contributed by atoms with E-state index in [0.717, 1.165) is 22.5 Å². The van der Waals surface area contributed by atoms with Gasteiger partial charge in [-0.05, 0) is 12.1 Å². The monoisotopic (exact) mass is 314 g/mol. The lowest BCUT2D eigenvalue weighted by Crippen LogP contribution is -2.50. The zero-order valence-corrected chi connectivity index (χ0v) is 12.0. The Morgan fingerprint density at radius 2 is 2.00 bits per heavy atom. The van der Waals surface area contributed by atoms with E-state index in [2.05, 4.69) is 0 Å². The van der Waals surface area contributed by atoms with Gasteiger partial charge in [-0.3, -0.25) is 14.9 Å². The molecule has 1 aromatic rings. The van der Waals surface area contributed by atoms with E-state index in [-0.39, 0.29) is 35.3 Å². The highest BCUT2D eigenvalue weighted by Crippen LogP contribution is 2.26. The molecule has 0 atom stereocenters. The summed E-state index contributed by atoms with van der Waals surface area (Å²) < 4.78 is 25.8. The van der Waals surface area contributed by atoms with Crippen molar-refractivity contribution in [2.24, 2.45) is 0 Å². The molecule has 0 radical (unpaired) electrons. The number of piperazine rings is 1. The molecule has 0 unspecified atom stereocenters. The molecule has 21 heavy (non-hydrogen) atoms. The fourth-order valence-electron chi connectivity index (χ4n) is 1.95. The smallest absolute Gasteiger partial charge is 0.292 e. The number of carbonyl (C=O) groups is 1. The molecule has 1 aliphatic heterocycles. The third-order valence-corrected chi connectivity index (χ3v) is 5.10. The predicted octanol–water partition coefficient (Wildman–Crippen LogP) is -0.360. The number of carbonyl (C=O) groups excluding carboxylic acids is 1. The van der Waals surface area contributed by atoms with Crippen molar-refractivity contribution in [3.05, 3.63) is 28.3 Å². The first-order chi connectivity index (χ1) is 9.73. The summed E-state index contributed by atoms with van der Waals surface area (Å²) in [6, 6.07) is 3.20. The van der Waals surface area contributed by atoms with Crippen LogP contribution in [0.5, 0.6) is 0 Å². The second-order valence-corrected chi connectivity index (χ2v) is 6.57. The number of amides is 1. The molecular weight excluding hydrogens is 300 g/mol. The van der Waals surface area contributed by atoms with Crippen molar-refractivity contribution in [1.29, 1.82) is 0 Å². The number of nitrogen functional groups attached to an aromatic ring is 1. The van der Waals surface area contributed by atoms with Gasteiger partial charge in [-0.2, -0.15) is 4.31 Å². The normalized spacial score (nSPS) is 17.0. The fourth-order valence-corrected chi connectivity index (χ4v) is 3.37. The van der Waals surface area contributed by atoms with Crippen molar-refractivity contribution in [3.63, 3.8) is 0 Å². The van der Waals surface area contributed by atoms with E-state index in [9.17, 15) is 23.3 Å². The second-order valence-electron chi connectivity index (χ2n) is 4.63. The summed E-state index contributed by atoms with van der Waals surface area (Å²) >= 11 is 0. The molecule has 2 rings (SSSR count). The lowest BCUT2D eigenvalue weighted by molar-refractivity contribution is -0.383. The van der Waals surface area contributed by atoms with Gasteiger partial charge in [0.15, 0.2) is 0 Å². The van der Waals surface area contributed by atoms with Gasteiger partial charge in [0.25, 0.3) is 5.69 Å². The van der Waals surface area contributed by atoms with Crippen LogP contribution in [0.15, 0.2) is 23.1 Å². The number of hydrogen-bond donors (Lipinski definition) is 1. The number of nitro groups is 1.